The SMILES string of the molecule is C=C1CC(NC(=O)OC(C)(C)C)(c2ccc(-c3nc4c(cnc5cc(C)nn54)cc3-c3ccccc3)cc2)C1. The molecule has 196 valence electrons. The zero-order valence-corrected chi connectivity index (χ0v) is 22.7. The number of hydrogen-bond donors (Lipinski definition) is 1. The van der Waals surface area contributed by atoms with E-state index in [9.17, 15) is 4.79 Å². The number of amides is 1. The minimum atomic E-state index is -0.570. The molecule has 1 aliphatic rings. The lowest BCUT2D eigenvalue weighted by molar-refractivity contribution is 0.0421. The number of nitrogens with zero attached hydrogens (tertiary/aromatic N) is 4. The number of nitrogens with one attached hydrogen (secondary N) is 1. The van der Waals surface area contributed by atoms with Gasteiger partial charge in [-0.1, -0.05) is 66.7 Å². The van der Waals surface area contributed by atoms with Crippen LogP contribution < -0.4 is 5.32 Å². The van der Waals surface area contributed by atoms with Gasteiger partial charge in [0.05, 0.1) is 16.9 Å². The van der Waals surface area contributed by atoms with Crippen LogP contribution in [0.1, 0.15) is 44.9 Å². The zero-order valence-electron chi connectivity index (χ0n) is 22.7. The number of hydrogen-bond acceptors (Lipinski definition) is 5. The third-order valence-electron chi connectivity index (χ3n) is 7.02. The number of pyridine rings is 1. The van der Waals surface area contributed by atoms with Gasteiger partial charge >= 0.3 is 6.09 Å². The van der Waals surface area contributed by atoms with Crippen molar-refractivity contribution >= 4 is 22.8 Å². The zero-order chi connectivity index (χ0) is 27.4. The first-order chi connectivity index (χ1) is 18.6. The molecular formula is C32H31N5O2. The van der Waals surface area contributed by atoms with E-state index in [1.807, 2.05) is 58.2 Å². The minimum absolute atomic E-state index is 0.422. The third kappa shape index (κ3) is 4.65. The maximum Gasteiger partial charge on any atom is 0.408 e. The van der Waals surface area contributed by atoms with Gasteiger partial charge in [0.25, 0.3) is 0 Å². The normalized spacial score (nSPS) is 14.8. The average Bonchev–Trinajstić information content (AvgIpc) is 3.27. The van der Waals surface area contributed by atoms with Crippen molar-refractivity contribution in [3.8, 4) is 22.4 Å². The molecule has 6 rings (SSSR count). The maximum atomic E-state index is 12.7. The molecule has 0 bridgehead atoms. The van der Waals surface area contributed by atoms with Gasteiger partial charge in [-0.2, -0.15) is 9.61 Å². The van der Waals surface area contributed by atoms with Crippen LogP contribution in [0.15, 0.2) is 85.1 Å². The van der Waals surface area contributed by atoms with E-state index >= 15 is 0 Å². The maximum absolute atomic E-state index is 12.7. The average molecular weight is 518 g/mol. The van der Waals surface area contributed by atoms with Crippen LogP contribution in [-0.4, -0.2) is 31.3 Å². The molecule has 0 aliphatic heterocycles. The second-order valence-electron chi connectivity index (χ2n) is 11.4. The van der Waals surface area contributed by atoms with Gasteiger partial charge in [-0.3, -0.25) is 0 Å². The highest BCUT2D eigenvalue weighted by atomic mass is 16.6. The first-order valence-corrected chi connectivity index (χ1v) is 13.1. The summed E-state index contributed by atoms with van der Waals surface area (Å²) in [6.07, 6.45) is 2.79. The van der Waals surface area contributed by atoms with Crippen LogP contribution in [0.4, 0.5) is 4.79 Å². The van der Waals surface area contributed by atoms with Gasteiger partial charge in [0.15, 0.2) is 11.3 Å². The number of aryl methyl sites for hydroxylation is 1. The lowest BCUT2D eigenvalue weighted by Gasteiger charge is -2.44. The Bertz CT molecular complexity index is 1720. The molecule has 0 saturated heterocycles. The summed E-state index contributed by atoms with van der Waals surface area (Å²) >= 11 is 0. The Morgan fingerprint density at radius 3 is 2.41 bits per heavy atom. The third-order valence-corrected chi connectivity index (χ3v) is 7.02. The van der Waals surface area contributed by atoms with Crippen LogP contribution in [0.25, 0.3) is 39.1 Å². The summed E-state index contributed by atoms with van der Waals surface area (Å²) in [5, 5.41) is 8.67. The Hall–Kier alpha value is -4.52. The molecule has 0 atom stereocenters. The van der Waals surface area contributed by atoms with Gasteiger partial charge in [0.1, 0.15) is 5.60 Å². The van der Waals surface area contributed by atoms with E-state index in [1.165, 1.54) is 0 Å². The summed E-state index contributed by atoms with van der Waals surface area (Å²) in [5.74, 6) is 0. The van der Waals surface area contributed by atoms with E-state index in [-0.39, 0.29) is 0 Å². The summed E-state index contributed by atoms with van der Waals surface area (Å²) in [4.78, 5) is 22.4. The van der Waals surface area contributed by atoms with Crippen LogP contribution >= 0.6 is 0 Å². The monoisotopic (exact) mass is 517 g/mol. The fourth-order valence-corrected chi connectivity index (χ4v) is 5.32. The van der Waals surface area contributed by atoms with Crippen LogP contribution in [0.5, 0.6) is 0 Å². The number of carbonyl (C=O) groups excluding carboxylic acids is 1. The lowest BCUT2D eigenvalue weighted by atomic mass is 9.69. The molecular weight excluding hydrogens is 486 g/mol. The molecule has 1 amide bonds. The Morgan fingerprint density at radius 2 is 1.74 bits per heavy atom. The summed E-state index contributed by atoms with van der Waals surface area (Å²) in [6.45, 7) is 11.7. The van der Waals surface area contributed by atoms with Crippen molar-refractivity contribution < 1.29 is 9.53 Å². The van der Waals surface area contributed by atoms with Crippen molar-refractivity contribution in [3.63, 3.8) is 0 Å². The molecule has 3 aromatic heterocycles. The van der Waals surface area contributed by atoms with Crippen molar-refractivity contribution in [2.75, 3.05) is 0 Å². The smallest absolute Gasteiger partial charge is 0.408 e. The molecule has 1 N–H and O–H groups in total. The fourth-order valence-electron chi connectivity index (χ4n) is 5.32. The first-order valence-electron chi connectivity index (χ1n) is 13.1. The predicted molar refractivity (Wildman–Crippen MR) is 153 cm³/mol. The quantitative estimate of drug-likeness (QED) is 0.260. The molecule has 0 spiro atoms. The Labute approximate surface area is 227 Å². The van der Waals surface area contributed by atoms with E-state index < -0.39 is 17.2 Å². The molecule has 7 heteroatoms. The minimum Gasteiger partial charge on any atom is -0.444 e. The Balaban J connectivity index is 1.44. The molecule has 1 aliphatic carbocycles. The standard InChI is InChI=1S/C32H31N5O2/c1-20-17-32(18-20,35-30(38)39-31(3,4)5)25-13-11-23(12-14-25)28-26(22-9-7-6-8-10-22)16-24-19-33-27-15-21(2)36-37(27)29(24)34-28/h6-16,19H,1,17-18H2,2-5H3,(H,35,38). The van der Waals surface area contributed by atoms with Crippen LogP contribution in [-0.2, 0) is 10.3 Å². The van der Waals surface area contributed by atoms with E-state index in [0.29, 0.717) is 12.8 Å². The number of benzene rings is 2. The van der Waals surface area contributed by atoms with Crippen molar-refractivity contribution in [3.05, 3.63) is 96.3 Å². The summed E-state index contributed by atoms with van der Waals surface area (Å²) in [6, 6.07) is 22.6. The molecule has 7 nitrogen and oxygen atoms in total. The van der Waals surface area contributed by atoms with Crippen LogP contribution in [0, 0.1) is 6.92 Å². The number of alkyl carbamates (subject to hydrolysis) is 1. The molecule has 0 unspecified atom stereocenters. The summed E-state index contributed by atoms with van der Waals surface area (Å²) < 4.78 is 7.36. The van der Waals surface area contributed by atoms with Crippen LogP contribution in [0.3, 0.4) is 0 Å². The number of aromatic nitrogens is 4. The Kier molecular flexibility index (Phi) is 5.75. The molecule has 3 heterocycles. The van der Waals surface area contributed by atoms with E-state index in [0.717, 1.165) is 55.9 Å². The predicted octanol–water partition coefficient (Wildman–Crippen LogP) is 6.99. The van der Waals surface area contributed by atoms with Crippen molar-refractivity contribution in [2.24, 2.45) is 0 Å². The van der Waals surface area contributed by atoms with Gasteiger partial charge in [0, 0.05) is 28.8 Å². The van der Waals surface area contributed by atoms with Gasteiger partial charge in [-0.15, -0.1) is 0 Å². The van der Waals surface area contributed by atoms with Crippen molar-refractivity contribution in [1.29, 1.82) is 0 Å². The van der Waals surface area contributed by atoms with E-state index in [4.69, 9.17) is 9.72 Å². The number of fused-ring (bicyclic) bond motifs is 3. The molecule has 1 saturated carbocycles. The van der Waals surface area contributed by atoms with Gasteiger partial charge in [-0.05, 0) is 57.7 Å². The largest absolute Gasteiger partial charge is 0.444 e. The summed E-state index contributed by atoms with van der Waals surface area (Å²) in [7, 11) is 0. The molecule has 1 fully saturated rings. The first kappa shape index (κ1) is 24.8. The molecule has 5 aromatic rings. The second-order valence-corrected chi connectivity index (χ2v) is 11.4. The highest BCUT2D eigenvalue weighted by molar-refractivity contribution is 5.90. The van der Waals surface area contributed by atoms with Gasteiger partial charge in [0.2, 0.25) is 0 Å². The lowest BCUT2D eigenvalue weighted by Crippen LogP contribution is -2.52. The number of rotatable bonds is 4. The highest BCUT2D eigenvalue weighted by Gasteiger charge is 2.43. The van der Waals surface area contributed by atoms with E-state index in [2.05, 4.69) is 64.4 Å². The van der Waals surface area contributed by atoms with Crippen LogP contribution in [0.2, 0.25) is 0 Å². The molecule has 0 radical (unpaired) electrons. The van der Waals surface area contributed by atoms with Gasteiger partial charge in [-0.25, -0.2) is 14.8 Å². The van der Waals surface area contributed by atoms with Gasteiger partial charge < -0.3 is 10.1 Å². The molecule has 2 aromatic carbocycles. The second kappa shape index (κ2) is 9.05. The highest BCUT2D eigenvalue weighted by Crippen LogP contribution is 2.45. The molecule has 39 heavy (non-hydrogen) atoms. The van der Waals surface area contributed by atoms with Crippen molar-refractivity contribution in [1.82, 2.24) is 24.9 Å². The number of ether oxygens (including phenoxy) is 1. The van der Waals surface area contributed by atoms with Crippen molar-refractivity contribution in [2.45, 2.75) is 51.7 Å². The summed E-state index contributed by atoms with van der Waals surface area (Å²) in [5.41, 5.74) is 7.34. The fraction of sp³-hybridized carbons (Fsp3) is 0.250. The Morgan fingerprint density at radius 1 is 1.03 bits per heavy atom. The number of carbonyl (C=O) groups is 1. The topological polar surface area (TPSA) is 81.4 Å². The van der Waals surface area contributed by atoms with E-state index in [1.54, 1.807) is 4.52 Å².